The second-order valence-electron chi connectivity index (χ2n) is 3.23. The zero-order valence-electron chi connectivity index (χ0n) is 7.73. The molecule has 0 aliphatic heterocycles. The fraction of sp³-hybridized carbons (Fsp3) is 0.556. The van der Waals surface area contributed by atoms with Crippen LogP contribution >= 0.6 is 0 Å². The number of allylic oxidation sites excluding steroid dienone is 1. The molecule has 13 heavy (non-hydrogen) atoms. The molecule has 0 heterocycles. The van der Waals surface area contributed by atoms with Crippen LogP contribution in [-0.2, 0) is 4.74 Å². The van der Waals surface area contributed by atoms with Crippen LogP contribution in [0, 0.1) is 0 Å². The number of ether oxygens (including phenoxy) is 1. The minimum absolute atomic E-state index is 0.538. The van der Waals surface area contributed by atoms with E-state index in [9.17, 15) is 5.11 Å². The number of nitrogens with two attached hydrogens (primary N) is 2. The molecule has 0 saturated heterocycles. The normalized spacial score (nSPS) is 33.2. The number of methoxy groups -OCH3 is 1. The minimum Gasteiger partial charge on any atom is -0.384 e. The highest BCUT2D eigenvalue weighted by molar-refractivity contribution is 5.31. The predicted octanol–water partition coefficient (Wildman–Crippen LogP) is -0.506. The van der Waals surface area contributed by atoms with E-state index in [1.54, 1.807) is 19.3 Å². The molecule has 0 radical (unpaired) electrons. The zero-order valence-corrected chi connectivity index (χ0v) is 7.73. The van der Waals surface area contributed by atoms with Crippen molar-refractivity contribution in [3.8, 4) is 0 Å². The van der Waals surface area contributed by atoms with Gasteiger partial charge in [-0.3, -0.25) is 5.73 Å². The molecule has 2 unspecified atom stereocenters. The van der Waals surface area contributed by atoms with Crippen LogP contribution in [0.1, 0.15) is 6.42 Å². The molecule has 0 aromatic heterocycles. The first kappa shape index (κ1) is 10.4. The Kier molecular flexibility index (Phi) is 3.22. The maximum Gasteiger partial charge on any atom is 0.151 e. The van der Waals surface area contributed by atoms with Crippen LogP contribution in [0.25, 0.3) is 0 Å². The molecule has 0 bridgehead atoms. The molecule has 0 spiro atoms. The number of rotatable bonds is 3. The quantitative estimate of drug-likeness (QED) is 0.516. The topological polar surface area (TPSA) is 81.5 Å². The molecule has 1 aliphatic carbocycles. The zero-order chi connectivity index (χ0) is 9.90. The lowest BCUT2D eigenvalue weighted by atomic mass is 9.94. The highest BCUT2D eigenvalue weighted by Crippen LogP contribution is 2.17. The van der Waals surface area contributed by atoms with Crippen molar-refractivity contribution >= 4 is 0 Å². The van der Waals surface area contributed by atoms with Crippen LogP contribution in [0.4, 0.5) is 0 Å². The summed E-state index contributed by atoms with van der Waals surface area (Å²) >= 11 is 0. The van der Waals surface area contributed by atoms with Gasteiger partial charge < -0.3 is 15.6 Å². The second-order valence-corrected chi connectivity index (χ2v) is 3.23. The maximum atomic E-state index is 9.48. The van der Waals surface area contributed by atoms with Crippen LogP contribution in [0.15, 0.2) is 23.8 Å². The first-order chi connectivity index (χ1) is 6.06. The van der Waals surface area contributed by atoms with Gasteiger partial charge in [-0.2, -0.15) is 0 Å². The van der Waals surface area contributed by atoms with E-state index < -0.39 is 11.8 Å². The van der Waals surface area contributed by atoms with Gasteiger partial charge in [-0.1, -0.05) is 12.2 Å². The van der Waals surface area contributed by atoms with E-state index >= 15 is 0 Å². The van der Waals surface area contributed by atoms with E-state index in [-0.39, 0.29) is 0 Å². The average molecular weight is 184 g/mol. The van der Waals surface area contributed by atoms with Crippen molar-refractivity contribution in [1.29, 1.82) is 0 Å². The molecule has 0 saturated carbocycles. The van der Waals surface area contributed by atoms with Crippen molar-refractivity contribution in [2.75, 3.05) is 13.7 Å². The summed E-state index contributed by atoms with van der Waals surface area (Å²) in [4.78, 5) is 0. The molecule has 1 aliphatic rings. The van der Waals surface area contributed by atoms with Crippen molar-refractivity contribution in [2.45, 2.75) is 18.2 Å². The van der Waals surface area contributed by atoms with Gasteiger partial charge in [0.1, 0.15) is 0 Å². The van der Waals surface area contributed by atoms with Gasteiger partial charge >= 0.3 is 0 Å². The third-order valence-corrected chi connectivity index (χ3v) is 2.09. The molecule has 74 valence electrons. The molecule has 0 amide bonds. The van der Waals surface area contributed by atoms with Crippen LogP contribution in [0.5, 0.6) is 0 Å². The minimum atomic E-state index is -1.41. The summed E-state index contributed by atoms with van der Waals surface area (Å²) in [6, 6.07) is -0.538. The molecule has 0 fully saturated rings. The van der Waals surface area contributed by atoms with E-state index in [1.165, 1.54) is 6.08 Å². The van der Waals surface area contributed by atoms with E-state index in [0.717, 1.165) is 12.0 Å². The Morgan fingerprint density at radius 1 is 1.69 bits per heavy atom. The van der Waals surface area contributed by atoms with E-state index in [2.05, 4.69) is 0 Å². The smallest absolute Gasteiger partial charge is 0.151 e. The Balaban J connectivity index is 2.58. The van der Waals surface area contributed by atoms with E-state index in [0.29, 0.717) is 6.61 Å². The van der Waals surface area contributed by atoms with Crippen LogP contribution in [-0.4, -0.2) is 30.6 Å². The molecule has 4 heteroatoms. The molecule has 1 rings (SSSR count). The van der Waals surface area contributed by atoms with Crippen molar-refractivity contribution in [1.82, 2.24) is 0 Å². The third-order valence-electron chi connectivity index (χ3n) is 2.09. The van der Waals surface area contributed by atoms with Crippen molar-refractivity contribution in [3.05, 3.63) is 23.8 Å². The van der Waals surface area contributed by atoms with Gasteiger partial charge in [0, 0.05) is 7.11 Å². The first-order valence-electron chi connectivity index (χ1n) is 4.22. The van der Waals surface area contributed by atoms with E-state index in [1.807, 2.05) is 0 Å². The molecule has 4 nitrogen and oxygen atoms in total. The van der Waals surface area contributed by atoms with Gasteiger partial charge in [-0.25, -0.2) is 0 Å². The molecule has 0 aromatic carbocycles. The van der Waals surface area contributed by atoms with Gasteiger partial charge in [0.15, 0.2) is 5.72 Å². The molecule has 5 N–H and O–H groups in total. The van der Waals surface area contributed by atoms with Gasteiger partial charge in [-0.05, 0) is 18.1 Å². The van der Waals surface area contributed by atoms with Crippen molar-refractivity contribution < 1.29 is 9.84 Å². The van der Waals surface area contributed by atoms with Crippen molar-refractivity contribution in [2.24, 2.45) is 11.5 Å². The van der Waals surface area contributed by atoms with Gasteiger partial charge in [0.25, 0.3) is 0 Å². The SMILES string of the molecule is COCCC1=CC(N)C(N)(O)C=C1. The standard InChI is InChI=1S/C9H16N2O2/c1-13-5-3-7-2-4-9(11,12)8(10)6-7/h2,4,6,8,12H,3,5,10-11H2,1H3. The Bertz CT molecular complexity index is 234. The first-order valence-corrected chi connectivity index (χ1v) is 4.22. The second kappa shape index (κ2) is 4.02. The Labute approximate surface area is 77.9 Å². The Morgan fingerprint density at radius 2 is 2.38 bits per heavy atom. The fourth-order valence-electron chi connectivity index (χ4n) is 1.16. The summed E-state index contributed by atoms with van der Waals surface area (Å²) in [7, 11) is 1.65. The molecule has 0 aromatic rings. The summed E-state index contributed by atoms with van der Waals surface area (Å²) in [5, 5.41) is 9.48. The monoisotopic (exact) mass is 184 g/mol. The maximum absolute atomic E-state index is 9.48. The summed E-state index contributed by atoms with van der Waals surface area (Å²) < 4.78 is 4.92. The lowest BCUT2D eigenvalue weighted by Crippen LogP contribution is -2.54. The number of hydrogen-bond acceptors (Lipinski definition) is 4. The van der Waals surface area contributed by atoms with Gasteiger partial charge in [0.2, 0.25) is 0 Å². The fourth-order valence-corrected chi connectivity index (χ4v) is 1.16. The lowest BCUT2D eigenvalue weighted by Gasteiger charge is -2.28. The molecular weight excluding hydrogens is 168 g/mol. The van der Waals surface area contributed by atoms with Gasteiger partial charge in [0.05, 0.1) is 12.6 Å². The third kappa shape index (κ3) is 2.63. The van der Waals surface area contributed by atoms with E-state index in [4.69, 9.17) is 16.2 Å². The van der Waals surface area contributed by atoms with Crippen LogP contribution in [0.3, 0.4) is 0 Å². The van der Waals surface area contributed by atoms with Gasteiger partial charge in [-0.15, -0.1) is 0 Å². The summed E-state index contributed by atoms with van der Waals surface area (Å²) in [5.74, 6) is 0. The molecule has 2 atom stereocenters. The lowest BCUT2D eigenvalue weighted by molar-refractivity contribution is 0.0826. The Hall–Kier alpha value is -0.680. The average Bonchev–Trinajstić information content (AvgIpc) is 2.07. The van der Waals surface area contributed by atoms with Crippen LogP contribution in [0.2, 0.25) is 0 Å². The predicted molar refractivity (Wildman–Crippen MR) is 50.8 cm³/mol. The van der Waals surface area contributed by atoms with Crippen LogP contribution < -0.4 is 11.5 Å². The summed E-state index contributed by atoms with van der Waals surface area (Å²) in [6.45, 7) is 0.645. The Morgan fingerprint density at radius 3 is 2.92 bits per heavy atom. The summed E-state index contributed by atoms with van der Waals surface area (Å²) in [5.41, 5.74) is 10.8. The number of aliphatic hydroxyl groups is 1. The number of hydrogen-bond donors (Lipinski definition) is 3. The van der Waals surface area contributed by atoms with Crippen molar-refractivity contribution in [3.63, 3.8) is 0 Å². The highest BCUT2D eigenvalue weighted by Gasteiger charge is 2.27. The molecular formula is C9H16N2O2. The summed E-state index contributed by atoms with van der Waals surface area (Å²) in [6.07, 6.45) is 5.85. The largest absolute Gasteiger partial charge is 0.384 e. The highest BCUT2D eigenvalue weighted by atomic mass is 16.5.